The van der Waals surface area contributed by atoms with Crippen LogP contribution in [0.5, 0.6) is 11.5 Å². The third kappa shape index (κ3) is 8.32. The van der Waals surface area contributed by atoms with Gasteiger partial charge in [-0.3, -0.25) is 4.79 Å². The number of nitrogens with one attached hydrogen (secondary N) is 1. The molecule has 0 spiro atoms. The Morgan fingerprint density at radius 1 is 0.923 bits per heavy atom. The van der Waals surface area contributed by atoms with Crippen LogP contribution >= 0.6 is 12.4 Å². The number of halogens is 2. The highest BCUT2D eigenvalue weighted by Gasteiger charge is 2.02. The van der Waals surface area contributed by atoms with Crippen molar-refractivity contribution in [3.63, 3.8) is 0 Å². The molecular formula is C20H26ClFN2O2. The van der Waals surface area contributed by atoms with E-state index >= 15 is 0 Å². The Hall–Kier alpha value is -2.11. The highest BCUT2D eigenvalue weighted by Crippen LogP contribution is 2.21. The number of carbonyl (C=O) groups is 1. The molecule has 0 radical (unpaired) electrons. The fourth-order valence-corrected chi connectivity index (χ4v) is 2.39. The molecule has 0 aliphatic carbocycles. The lowest BCUT2D eigenvalue weighted by Gasteiger charge is -2.08. The van der Waals surface area contributed by atoms with Crippen molar-refractivity contribution < 1.29 is 13.9 Å². The van der Waals surface area contributed by atoms with Gasteiger partial charge in [0, 0.05) is 13.0 Å². The number of nitrogens with two attached hydrogens (primary N) is 1. The van der Waals surface area contributed by atoms with Crippen LogP contribution in [-0.4, -0.2) is 12.5 Å². The quantitative estimate of drug-likeness (QED) is 0.593. The molecule has 0 saturated heterocycles. The molecule has 0 fully saturated rings. The second-order valence-corrected chi connectivity index (χ2v) is 5.93. The third-order valence-corrected chi connectivity index (χ3v) is 3.82. The maximum atomic E-state index is 12.9. The molecule has 0 aliphatic heterocycles. The van der Waals surface area contributed by atoms with Gasteiger partial charge in [0.1, 0.15) is 17.3 Å². The van der Waals surface area contributed by atoms with Crippen LogP contribution in [0.1, 0.15) is 37.7 Å². The van der Waals surface area contributed by atoms with Crippen LogP contribution in [0, 0.1) is 5.82 Å². The van der Waals surface area contributed by atoms with E-state index in [-0.39, 0.29) is 24.1 Å². The minimum Gasteiger partial charge on any atom is -0.457 e. The molecule has 2 rings (SSSR count). The predicted molar refractivity (Wildman–Crippen MR) is 104 cm³/mol. The maximum absolute atomic E-state index is 12.9. The van der Waals surface area contributed by atoms with Crippen molar-refractivity contribution in [1.29, 1.82) is 0 Å². The summed E-state index contributed by atoms with van der Waals surface area (Å²) in [6.07, 6.45) is 4.60. The Morgan fingerprint density at radius 2 is 1.50 bits per heavy atom. The van der Waals surface area contributed by atoms with Crippen molar-refractivity contribution in [1.82, 2.24) is 5.32 Å². The SMILES string of the molecule is Cl.NCCCCCCC(=O)NCc1ccc(Oc2ccc(F)cc2)cc1. The molecule has 0 saturated carbocycles. The topological polar surface area (TPSA) is 64.4 Å². The average Bonchev–Trinajstić information content (AvgIpc) is 2.63. The summed E-state index contributed by atoms with van der Waals surface area (Å²) >= 11 is 0. The molecule has 2 aromatic carbocycles. The maximum Gasteiger partial charge on any atom is 0.220 e. The summed E-state index contributed by atoms with van der Waals surface area (Å²) in [6, 6.07) is 13.3. The van der Waals surface area contributed by atoms with E-state index < -0.39 is 0 Å². The van der Waals surface area contributed by atoms with Crippen molar-refractivity contribution in [2.45, 2.75) is 38.6 Å². The van der Waals surface area contributed by atoms with Crippen molar-refractivity contribution in [3.05, 3.63) is 59.9 Å². The number of hydrogen-bond acceptors (Lipinski definition) is 3. The van der Waals surface area contributed by atoms with Gasteiger partial charge in [0.05, 0.1) is 0 Å². The highest BCUT2D eigenvalue weighted by atomic mass is 35.5. The van der Waals surface area contributed by atoms with E-state index in [1.54, 1.807) is 12.1 Å². The molecule has 0 heterocycles. The summed E-state index contributed by atoms with van der Waals surface area (Å²) in [5, 5.41) is 2.92. The van der Waals surface area contributed by atoms with E-state index in [4.69, 9.17) is 10.5 Å². The Labute approximate surface area is 160 Å². The Bertz CT molecular complexity index is 648. The summed E-state index contributed by atoms with van der Waals surface area (Å²) < 4.78 is 18.5. The average molecular weight is 381 g/mol. The van der Waals surface area contributed by atoms with E-state index in [2.05, 4.69) is 5.32 Å². The van der Waals surface area contributed by atoms with Gasteiger partial charge in [-0.2, -0.15) is 0 Å². The molecule has 0 bridgehead atoms. The molecule has 2 aromatic rings. The van der Waals surface area contributed by atoms with E-state index in [0.717, 1.165) is 31.2 Å². The van der Waals surface area contributed by atoms with Crippen molar-refractivity contribution >= 4 is 18.3 Å². The number of unbranched alkanes of at least 4 members (excludes halogenated alkanes) is 3. The van der Waals surface area contributed by atoms with Crippen LogP contribution in [0.3, 0.4) is 0 Å². The second-order valence-electron chi connectivity index (χ2n) is 5.93. The molecule has 4 nitrogen and oxygen atoms in total. The molecule has 0 aliphatic rings. The summed E-state index contributed by atoms with van der Waals surface area (Å²) in [6.45, 7) is 1.21. The molecule has 0 atom stereocenters. The van der Waals surface area contributed by atoms with Gasteiger partial charge in [-0.15, -0.1) is 12.4 Å². The Balaban J connectivity index is 0.00000338. The number of carbonyl (C=O) groups excluding carboxylic acids is 1. The monoisotopic (exact) mass is 380 g/mol. The van der Waals surface area contributed by atoms with Gasteiger partial charge in [0.15, 0.2) is 0 Å². The fourth-order valence-electron chi connectivity index (χ4n) is 2.39. The zero-order valence-electron chi connectivity index (χ0n) is 14.7. The first-order chi connectivity index (χ1) is 12.2. The van der Waals surface area contributed by atoms with E-state index in [1.807, 2.05) is 24.3 Å². The van der Waals surface area contributed by atoms with E-state index in [9.17, 15) is 9.18 Å². The lowest BCUT2D eigenvalue weighted by molar-refractivity contribution is -0.121. The van der Waals surface area contributed by atoms with Crippen LogP contribution < -0.4 is 15.8 Å². The summed E-state index contributed by atoms with van der Waals surface area (Å²) in [7, 11) is 0. The van der Waals surface area contributed by atoms with E-state index in [1.165, 1.54) is 12.1 Å². The largest absolute Gasteiger partial charge is 0.457 e. The zero-order valence-corrected chi connectivity index (χ0v) is 15.6. The molecule has 6 heteroatoms. The second kappa shape index (κ2) is 12.3. The molecule has 26 heavy (non-hydrogen) atoms. The third-order valence-electron chi connectivity index (χ3n) is 3.82. The number of amides is 1. The number of ether oxygens (including phenoxy) is 1. The van der Waals surface area contributed by atoms with Crippen LogP contribution in [0.15, 0.2) is 48.5 Å². The Morgan fingerprint density at radius 3 is 2.12 bits per heavy atom. The number of hydrogen-bond donors (Lipinski definition) is 2. The molecule has 1 amide bonds. The first-order valence-corrected chi connectivity index (χ1v) is 8.66. The van der Waals surface area contributed by atoms with Gasteiger partial charge in [-0.1, -0.05) is 25.0 Å². The summed E-state index contributed by atoms with van der Waals surface area (Å²) in [5.41, 5.74) is 6.44. The molecule has 0 aromatic heterocycles. The molecular weight excluding hydrogens is 355 g/mol. The first kappa shape index (κ1) is 21.9. The molecule has 3 N–H and O–H groups in total. The fraction of sp³-hybridized carbons (Fsp3) is 0.350. The normalized spacial score (nSPS) is 10.1. The molecule has 0 unspecified atom stereocenters. The predicted octanol–water partition coefficient (Wildman–Crippen LogP) is 4.57. The van der Waals surface area contributed by atoms with Crippen LogP contribution in [-0.2, 0) is 11.3 Å². The zero-order chi connectivity index (χ0) is 17.9. The van der Waals surface area contributed by atoms with Gasteiger partial charge < -0.3 is 15.8 Å². The van der Waals surface area contributed by atoms with Gasteiger partial charge in [0.2, 0.25) is 5.91 Å². The lowest BCUT2D eigenvalue weighted by atomic mass is 10.1. The van der Waals surface area contributed by atoms with E-state index in [0.29, 0.717) is 31.0 Å². The van der Waals surface area contributed by atoms with Crippen molar-refractivity contribution in [2.75, 3.05) is 6.54 Å². The minimum atomic E-state index is -0.294. The van der Waals surface area contributed by atoms with Crippen molar-refractivity contribution in [3.8, 4) is 11.5 Å². The molecule has 142 valence electrons. The highest BCUT2D eigenvalue weighted by molar-refractivity contribution is 5.85. The van der Waals surface area contributed by atoms with Gasteiger partial charge in [-0.05, 0) is 61.3 Å². The van der Waals surface area contributed by atoms with Crippen LogP contribution in [0.4, 0.5) is 4.39 Å². The lowest BCUT2D eigenvalue weighted by Crippen LogP contribution is -2.22. The Kier molecular flexibility index (Phi) is 10.4. The summed E-state index contributed by atoms with van der Waals surface area (Å²) in [5.74, 6) is 1.02. The van der Waals surface area contributed by atoms with Crippen LogP contribution in [0.25, 0.3) is 0 Å². The summed E-state index contributed by atoms with van der Waals surface area (Å²) in [4.78, 5) is 11.8. The number of benzene rings is 2. The first-order valence-electron chi connectivity index (χ1n) is 8.66. The van der Waals surface area contributed by atoms with Gasteiger partial charge in [-0.25, -0.2) is 4.39 Å². The van der Waals surface area contributed by atoms with Crippen LogP contribution in [0.2, 0.25) is 0 Å². The minimum absolute atomic E-state index is 0. The van der Waals surface area contributed by atoms with Crippen molar-refractivity contribution in [2.24, 2.45) is 5.73 Å². The number of rotatable bonds is 10. The smallest absolute Gasteiger partial charge is 0.220 e. The standard InChI is InChI=1S/C20H25FN2O2.ClH/c21-17-8-12-19(13-9-17)25-18-10-6-16(7-11-18)15-23-20(24)5-3-1-2-4-14-22;/h6-13H,1-5,14-15,22H2,(H,23,24);1H. The van der Waals surface area contributed by atoms with Gasteiger partial charge >= 0.3 is 0 Å². The van der Waals surface area contributed by atoms with Gasteiger partial charge in [0.25, 0.3) is 0 Å².